The molecule has 0 aliphatic rings. The third kappa shape index (κ3) is 4.48. The predicted molar refractivity (Wildman–Crippen MR) is 89.5 cm³/mol. The van der Waals surface area contributed by atoms with Crippen LogP contribution < -0.4 is 10.2 Å². The Hall–Kier alpha value is -0.995. The minimum absolute atomic E-state index is 0.0626. The maximum atomic E-state index is 9.76. The van der Waals surface area contributed by atoms with Crippen LogP contribution >= 0.6 is 0 Å². The van der Waals surface area contributed by atoms with Crippen molar-refractivity contribution in [1.82, 2.24) is 0 Å². The maximum Gasteiger partial charge on any atom is 0.492 e. The normalized spacial score (nSPS) is 12.4. The Bertz CT molecular complexity index is 482. The van der Waals surface area contributed by atoms with Gasteiger partial charge in [0.05, 0.1) is 6.61 Å². The topological polar surface area (TPSA) is 49.7 Å². The lowest BCUT2D eigenvalue weighted by molar-refractivity contribution is 0.308. The lowest BCUT2D eigenvalue weighted by atomic mass is 9.71. The molecular weight excluding hydrogens is 263 g/mol. The van der Waals surface area contributed by atoms with Gasteiger partial charge < -0.3 is 14.8 Å². The molecule has 0 aliphatic heterocycles. The molecule has 0 fully saturated rings. The summed E-state index contributed by atoms with van der Waals surface area (Å²) in [5, 5.41) is 19.5. The summed E-state index contributed by atoms with van der Waals surface area (Å²) in [4.78, 5) is 0. The molecule has 0 aliphatic carbocycles. The fourth-order valence-electron chi connectivity index (χ4n) is 2.20. The van der Waals surface area contributed by atoms with E-state index in [0.29, 0.717) is 17.8 Å². The van der Waals surface area contributed by atoms with Crippen LogP contribution in [0.25, 0.3) is 0 Å². The Morgan fingerprint density at radius 2 is 1.57 bits per heavy atom. The molecule has 4 heteroatoms. The summed E-state index contributed by atoms with van der Waals surface area (Å²) in [6.45, 7) is 15.3. The predicted octanol–water partition coefficient (Wildman–Crippen LogP) is 2.75. The smallest absolute Gasteiger partial charge is 0.492 e. The van der Waals surface area contributed by atoms with Crippen molar-refractivity contribution in [3.63, 3.8) is 0 Å². The summed E-state index contributed by atoms with van der Waals surface area (Å²) in [6, 6.07) is 3.99. The molecule has 0 heterocycles. The van der Waals surface area contributed by atoms with Crippen LogP contribution in [0.4, 0.5) is 0 Å². The number of hydrogen-bond donors (Lipinski definition) is 2. The van der Waals surface area contributed by atoms with E-state index in [0.717, 1.165) is 17.5 Å². The largest absolute Gasteiger partial charge is 0.494 e. The maximum absolute atomic E-state index is 9.76. The van der Waals surface area contributed by atoms with E-state index in [9.17, 15) is 10.0 Å². The lowest BCUT2D eigenvalue weighted by Crippen LogP contribution is -2.35. The Kier molecular flexibility index (Phi) is 5.51. The second-order valence-corrected chi connectivity index (χ2v) is 7.66. The van der Waals surface area contributed by atoms with Gasteiger partial charge in [0.1, 0.15) is 5.75 Å². The first-order chi connectivity index (χ1) is 9.48. The summed E-state index contributed by atoms with van der Waals surface area (Å²) in [6.07, 6.45) is 0.881. The van der Waals surface area contributed by atoms with Crippen molar-refractivity contribution in [3.8, 4) is 5.75 Å². The van der Waals surface area contributed by atoms with Crippen LogP contribution in [-0.2, 0) is 10.8 Å². The third-order valence-electron chi connectivity index (χ3n) is 3.52. The highest BCUT2D eigenvalue weighted by Gasteiger charge is 2.29. The second-order valence-electron chi connectivity index (χ2n) is 7.66. The van der Waals surface area contributed by atoms with E-state index in [1.807, 2.05) is 13.0 Å². The van der Waals surface area contributed by atoms with Crippen molar-refractivity contribution < 1.29 is 14.8 Å². The van der Waals surface area contributed by atoms with Crippen LogP contribution in [0.5, 0.6) is 5.75 Å². The van der Waals surface area contributed by atoms with Crippen LogP contribution in [-0.4, -0.2) is 23.8 Å². The number of benzene rings is 1. The van der Waals surface area contributed by atoms with E-state index in [1.54, 1.807) is 0 Å². The van der Waals surface area contributed by atoms with Crippen LogP contribution in [0, 0.1) is 0 Å². The Labute approximate surface area is 129 Å². The molecule has 3 nitrogen and oxygen atoms in total. The summed E-state index contributed by atoms with van der Waals surface area (Å²) in [7, 11) is -1.53. The van der Waals surface area contributed by atoms with Gasteiger partial charge >= 0.3 is 7.12 Å². The molecule has 0 unspecified atom stereocenters. The Morgan fingerprint density at radius 1 is 1.00 bits per heavy atom. The third-order valence-corrected chi connectivity index (χ3v) is 3.52. The number of ether oxygens (including phenoxy) is 1. The quantitative estimate of drug-likeness (QED) is 0.839. The minimum Gasteiger partial charge on any atom is -0.494 e. The molecule has 2 N–H and O–H groups in total. The zero-order chi connectivity index (χ0) is 16.4. The lowest BCUT2D eigenvalue weighted by Gasteiger charge is -2.29. The minimum atomic E-state index is -1.53. The van der Waals surface area contributed by atoms with Crippen molar-refractivity contribution >= 4 is 12.6 Å². The van der Waals surface area contributed by atoms with Gasteiger partial charge in [-0.3, -0.25) is 0 Å². The van der Waals surface area contributed by atoms with Gasteiger partial charge in [-0.1, -0.05) is 60.6 Å². The first-order valence-electron chi connectivity index (χ1n) is 7.66. The van der Waals surface area contributed by atoms with Gasteiger partial charge in [0.15, 0.2) is 0 Å². The highest BCUT2D eigenvalue weighted by molar-refractivity contribution is 6.59. The van der Waals surface area contributed by atoms with Crippen molar-refractivity contribution in [3.05, 3.63) is 23.3 Å². The first-order valence-corrected chi connectivity index (χ1v) is 7.66. The van der Waals surface area contributed by atoms with Gasteiger partial charge in [0, 0.05) is 5.46 Å². The van der Waals surface area contributed by atoms with Crippen molar-refractivity contribution in [1.29, 1.82) is 0 Å². The van der Waals surface area contributed by atoms with Crippen LogP contribution in [0.3, 0.4) is 0 Å². The van der Waals surface area contributed by atoms with Gasteiger partial charge in [-0.2, -0.15) is 0 Å². The molecule has 0 atom stereocenters. The zero-order valence-corrected chi connectivity index (χ0v) is 14.4. The average Bonchev–Trinajstić information content (AvgIpc) is 2.32. The molecule has 1 aromatic rings. The number of hydrogen-bond acceptors (Lipinski definition) is 3. The summed E-state index contributed by atoms with van der Waals surface area (Å²) >= 11 is 0. The molecule has 0 saturated carbocycles. The fourth-order valence-corrected chi connectivity index (χ4v) is 2.20. The molecule has 0 bridgehead atoms. The molecule has 0 saturated heterocycles. The molecular formula is C17H29BO3. The Morgan fingerprint density at radius 3 is 1.95 bits per heavy atom. The summed E-state index contributed by atoms with van der Waals surface area (Å²) in [5.74, 6) is 0.618. The van der Waals surface area contributed by atoms with E-state index >= 15 is 0 Å². The molecule has 0 amide bonds. The molecule has 0 radical (unpaired) electrons. The van der Waals surface area contributed by atoms with E-state index in [-0.39, 0.29) is 10.8 Å². The van der Waals surface area contributed by atoms with Crippen molar-refractivity contribution in [2.45, 2.75) is 65.7 Å². The van der Waals surface area contributed by atoms with Crippen molar-refractivity contribution in [2.24, 2.45) is 0 Å². The van der Waals surface area contributed by atoms with Gasteiger partial charge in [-0.15, -0.1) is 0 Å². The highest BCUT2D eigenvalue weighted by Crippen LogP contribution is 2.34. The second kappa shape index (κ2) is 6.41. The van der Waals surface area contributed by atoms with Crippen LogP contribution in [0.1, 0.15) is 66.0 Å². The average molecular weight is 292 g/mol. The van der Waals surface area contributed by atoms with E-state index < -0.39 is 7.12 Å². The SMILES string of the molecule is CCCOc1c(B(O)O)cc(C(C)(C)C)cc1C(C)(C)C. The first kappa shape index (κ1) is 18.1. The summed E-state index contributed by atoms with van der Waals surface area (Å²) in [5.41, 5.74) is 2.37. The molecule has 118 valence electrons. The summed E-state index contributed by atoms with van der Waals surface area (Å²) < 4.78 is 5.85. The van der Waals surface area contributed by atoms with Crippen molar-refractivity contribution in [2.75, 3.05) is 6.61 Å². The van der Waals surface area contributed by atoms with Gasteiger partial charge in [0.2, 0.25) is 0 Å². The zero-order valence-electron chi connectivity index (χ0n) is 14.4. The number of rotatable bonds is 4. The van der Waals surface area contributed by atoms with Gasteiger partial charge in [-0.25, -0.2) is 0 Å². The molecule has 1 rings (SSSR count). The highest BCUT2D eigenvalue weighted by atomic mass is 16.5. The standard InChI is InChI=1S/C17H29BO3/c1-8-9-21-15-13(17(5,6)7)10-12(16(2,3)4)11-14(15)18(19)20/h10-11,19-20H,8-9H2,1-7H3. The monoisotopic (exact) mass is 292 g/mol. The van der Waals surface area contributed by atoms with Crippen LogP contribution in [0.2, 0.25) is 0 Å². The van der Waals surface area contributed by atoms with Gasteiger partial charge in [-0.05, 0) is 28.4 Å². The van der Waals surface area contributed by atoms with E-state index in [1.165, 1.54) is 0 Å². The fraction of sp³-hybridized carbons (Fsp3) is 0.647. The molecule has 21 heavy (non-hydrogen) atoms. The van der Waals surface area contributed by atoms with Crippen LogP contribution in [0.15, 0.2) is 12.1 Å². The Balaban J connectivity index is 3.58. The van der Waals surface area contributed by atoms with Gasteiger partial charge in [0.25, 0.3) is 0 Å². The molecule has 1 aromatic carbocycles. The molecule has 0 aromatic heterocycles. The van der Waals surface area contributed by atoms with E-state index in [2.05, 4.69) is 47.6 Å². The molecule has 0 spiro atoms. The van der Waals surface area contributed by atoms with E-state index in [4.69, 9.17) is 4.74 Å².